The van der Waals surface area contributed by atoms with Crippen LogP contribution in [0.15, 0.2) is 60.7 Å². The molecule has 0 fully saturated rings. The molecule has 2 N–H and O–H groups in total. The quantitative estimate of drug-likeness (QED) is 0.731. The minimum Gasteiger partial charge on any atom is -0.507 e. The number of nitrogens with one attached hydrogen (secondary N) is 1. The number of phenols is 1. The van der Waals surface area contributed by atoms with Crippen molar-refractivity contribution in [1.29, 1.82) is 0 Å². The van der Waals surface area contributed by atoms with Gasteiger partial charge in [-0.25, -0.2) is 0 Å². The molecule has 2 nitrogen and oxygen atoms in total. The van der Waals surface area contributed by atoms with Crippen LogP contribution in [0.3, 0.4) is 0 Å². The molecule has 3 aromatic carbocycles. The molecule has 3 rings (SSSR count). The molecule has 0 aromatic heterocycles. The number of aryl methyl sites for hydroxylation is 1. The van der Waals surface area contributed by atoms with E-state index in [1.54, 1.807) is 6.07 Å². The summed E-state index contributed by atoms with van der Waals surface area (Å²) in [6.45, 7) is 2.87. The molecule has 0 bridgehead atoms. The maximum absolute atomic E-state index is 9.89. The van der Waals surface area contributed by atoms with Crippen LogP contribution in [0.25, 0.3) is 10.8 Å². The van der Waals surface area contributed by atoms with Gasteiger partial charge in [-0.2, -0.15) is 0 Å². The molecule has 0 amide bonds. The molecule has 0 heterocycles. The van der Waals surface area contributed by atoms with Gasteiger partial charge in [0, 0.05) is 23.0 Å². The van der Waals surface area contributed by atoms with Crippen LogP contribution >= 0.6 is 0 Å². The SMILES string of the molecule is Cc1cccc(CNc2cccc3c(O)cccc23)c1. The van der Waals surface area contributed by atoms with Gasteiger partial charge in [0.2, 0.25) is 0 Å². The lowest BCUT2D eigenvalue weighted by Gasteiger charge is -2.11. The number of fused-ring (bicyclic) bond motifs is 1. The first-order chi connectivity index (χ1) is 9.74. The first-order valence-corrected chi connectivity index (χ1v) is 6.74. The third kappa shape index (κ3) is 2.45. The molecule has 3 aromatic rings. The molecule has 0 aliphatic carbocycles. The number of phenolic OH excluding ortho intramolecular Hbond substituents is 1. The highest BCUT2D eigenvalue weighted by atomic mass is 16.3. The molecule has 0 unspecified atom stereocenters. The van der Waals surface area contributed by atoms with E-state index in [1.807, 2.05) is 30.3 Å². The summed E-state index contributed by atoms with van der Waals surface area (Å²) >= 11 is 0. The summed E-state index contributed by atoms with van der Waals surface area (Å²) in [6.07, 6.45) is 0. The fraction of sp³-hybridized carbons (Fsp3) is 0.111. The van der Waals surface area contributed by atoms with Crippen molar-refractivity contribution in [3.8, 4) is 5.75 Å². The van der Waals surface area contributed by atoms with Gasteiger partial charge < -0.3 is 10.4 Å². The Morgan fingerprint density at radius 3 is 2.50 bits per heavy atom. The summed E-state index contributed by atoms with van der Waals surface area (Å²) in [6, 6.07) is 20.0. The number of hydrogen-bond acceptors (Lipinski definition) is 2. The highest BCUT2D eigenvalue weighted by Crippen LogP contribution is 2.29. The average molecular weight is 263 g/mol. The minimum absolute atomic E-state index is 0.321. The highest BCUT2D eigenvalue weighted by Gasteiger charge is 2.03. The van der Waals surface area contributed by atoms with E-state index >= 15 is 0 Å². The molecule has 0 spiro atoms. The number of anilines is 1. The Balaban J connectivity index is 1.90. The van der Waals surface area contributed by atoms with E-state index in [0.29, 0.717) is 5.75 Å². The van der Waals surface area contributed by atoms with Crippen LogP contribution in [-0.4, -0.2) is 5.11 Å². The maximum atomic E-state index is 9.89. The third-order valence-corrected chi connectivity index (χ3v) is 3.46. The largest absolute Gasteiger partial charge is 0.507 e. The molecule has 0 saturated heterocycles. The van der Waals surface area contributed by atoms with E-state index in [2.05, 4.69) is 36.5 Å². The van der Waals surface area contributed by atoms with E-state index in [-0.39, 0.29) is 0 Å². The zero-order chi connectivity index (χ0) is 13.9. The summed E-state index contributed by atoms with van der Waals surface area (Å²) in [5, 5.41) is 15.3. The Kier molecular flexibility index (Phi) is 3.30. The van der Waals surface area contributed by atoms with Gasteiger partial charge in [-0.3, -0.25) is 0 Å². The lowest BCUT2D eigenvalue weighted by Crippen LogP contribution is -2.00. The zero-order valence-electron chi connectivity index (χ0n) is 11.4. The monoisotopic (exact) mass is 263 g/mol. The van der Waals surface area contributed by atoms with Crippen LogP contribution in [0.5, 0.6) is 5.75 Å². The summed E-state index contributed by atoms with van der Waals surface area (Å²) < 4.78 is 0. The Hall–Kier alpha value is -2.48. The third-order valence-electron chi connectivity index (χ3n) is 3.46. The molecule has 20 heavy (non-hydrogen) atoms. The predicted octanol–water partition coefficient (Wildman–Crippen LogP) is 4.47. The van der Waals surface area contributed by atoms with Crippen molar-refractivity contribution in [3.63, 3.8) is 0 Å². The molecule has 0 saturated carbocycles. The second-order valence-electron chi connectivity index (χ2n) is 5.02. The van der Waals surface area contributed by atoms with Crippen molar-refractivity contribution in [2.75, 3.05) is 5.32 Å². The Morgan fingerprint density at radius 1 is 0.900 bits per heavy atom. The number of aromatic hydroxyl groups is 1. The maximum Gasteiger partial charge on any atom is 0.123 e. The van der Waals surface area contributed by atoms with Gasteiger partial charge >= 0.3 is 0 Å². The van der Waals surface area contributed by atoms with Gasteiger partial charge in [0.1, 0.15) is 5.75 Å². The summed E-state index contributed by atoms with van der Waals surface area (Å²) in [4.78, 5) is 0. The number of hydrogen-bond donors (Lipinski definition) is 2. The van der Waals surface area contributed by atoms with Gasteiger partial charge in [-0.15, -0.1) is 0 Å². The Bertz CT molecular complexity index is 749. The molecular formula is C18H17NO. The van der Waals surface area contributed by atoms with Gasteiger partial charge in [0.25, 0.3) is 0 Å². The first kappa shape index (κ1) is 12.5. The van der Waals surface area contributed by atoms with Crippen LogP contribution < -0.4 is 5.32 Å². The van der Waals surface area contributed by atoms with Crippen LogP contribution in [0.4, 0.5) is 5.69 Å². The molecule has 0 radical (unpaired) electrons. The molecule has 0 aliphatic rings. The fourth-order valence-electron chi connectivity index (χ4n) is 2.47. The van der Waals surface area contributed by atoms with Crippen molar-refractivity contribution >= 4 is 16.5 Å². The molecule has 0 aliphatic heterocycles. The van der Waals surface area contributed by atoms with Crippen LogP contribution in [0.2, 0.25) is 0 Å². The topological polar surface area (TPSA) is 32.3 Å². The van der Waals surface area contributed by atoms with Gasteiger partial charge in [-0.1, -0.05) is 54.1 Å². The molecule has 2 heteroatoms. The Labute approximate surface area is 118 Å². The predicted molar refractivity (Wildman–Crippen MR) is 84.1 cm³/mol. The van der Waals surface area contributed by atoms with Crippen molar-refractivity contribution < 1.29 is 5.11 Å². The van der Waals surface area contributed by atoms with Crippen LogP contribution in [0, 0.1) is 6.92 Å². The summed E-state index contributed by atoms with van der Waals surface area (Å²) in [5.74, 6) is 0.321. The van der Waals surface area contributed by atoms with E-state index in [9.17, 15) is 5.11 Å². The van der Waals surface area contributed by atoms with Crippen molar-refractivity contribution in [2.24, 2.45) is 0 Å². The average Bonchev–Trinajstić information content (AvgIpc) is 2.46. The second-order valence-corrected chi connectivity index (χ2v) is 5.02. The van der Waals surface area contributed by atoms with E-state index in [1.165, 1.54) is 11.1 Å². The Morgan fingerprint density at radius 2 is 1.65 bits per heavy atom. The highest BCUT2D eigenvalue weighted by molar-refractivity contribution is 5.97. The standard InChI is InChI=1S/C18H17NO/c1-13-5-2-6-14(11-13)12-19-17-9-3-8-16-15(17)7-4-10-18(16)20/h2-11,19-20H,12H2,1H3. The van der Waals surface area contributed by atoms with E-state index in [0.717, 1.165) is 23.0 Å². The first-order valence-electron chi connectivity index (χ1n) is 6.74. The zero-order valence-corrected chi connectivity index (χ0v) is 11.4. The fourth-order valence-corrected chi connectivity index (χ4v) is 2.47. The van der Waals surface area contributed by atoms with E-state index < -0.39 is 0 Å². The van der Waals surface area contributed by atoms with Gasteiger partial charge in [-0.05, 0) is 24.6 Å². The lowest BCUT2D eigenvalue weighted by molar-refractivity contribution is 0.481. The molecular weight excluding hydrogens is 246 g/mol. The van der Waals surface area contributed by atoms with Crippen molar-refractivity contribution in [1.82, 2.24) is 0 Å². The van der Waals surface area contributed by atoms with Crippen molar-refractivity contribution in [2.45, 2.75) is 13.5 Å². The van der Waals surface area contributed by atoms with Crippen LogP contribution in [0.1, 0.15) is 11.1 Å². The van der Waals surface area contributed by atoms with E-state index in [4.69, 9.17) is 0 Å². The van der Waals surface area contributed by atoms with Crippen molar-refractivity contribution in [3.05, 3.63) is 71.8 Å². The second kappa shape index (κ2) is 5.25. The molecule has 100 valence electrons. The van der Waals surface area contributed by atoms with Crippen LogP contribution in [-0.2, 0) is 6.54 Å². The normalized spacial score (nSPS) is 10.7. The molecule has 0 atom stereocenters. The van der Waals surface area contributed by atoms with Gasteiger partial charge in [0.05, 0.1) is 0 Å². The number of rotatable bonds is 3. The number of benzene rings is 3. The summed E-state index contributed by atoms with van der Waals surface area (Å²) in [7, 11) is 0. The smallest absolute Gasteiger partial charge is 0.123 e. The minimum atomic E-state index is 0.321. The lowest BCUT2D eigenvalue weighted by atomic mass is 10.1. The van der Waals surface area contributed by atoms with Gasteiger partial charge in [0.15, 0.2) is 0 Å². The summed E-state index contributed by atoms with van der Waals surface area (Å²) in [5.41, 5.74) is 3.56.